The standard InChI is InChI=1S/C32H36N2O10/c1-7-17-15-21(27(31(39)43-17)23(9-3)33-41-11-5)25-19(29(35)36)13-14-20(30(37)38)26(25)22-16-18(8-2)44-32(40)28(22)24(10-4)34-42-12-6/h13-16H,7-12H2,1-6H3,(H,35,36)(H,37,38). The van der Waals surface area contributed by atoms with E-state index in [0.717, 1.165) is 12.1 Å². The number of benzene rings is 1. The lowest BCUT2D eigenvalue weighted by Crippen LogP contribution is -2.21. The van der Waals surface area contributed by atoms with Crippen molar-refractivity contribution in [3.05, 3.63) is 78.9 Å². The molecule has 0 bridgehead atoms. The van der Waals surface area contributed by atoms with Gasteiger partial charge in [-0.1, -0.05) is 38.0 Å². The van der Waals surface area contributed by atoms with Gasteiger partial charge in [-0.15, -0.1) is 0 Å². The van der Waals surface area contributed by atoms with Crippen LogP contribution in [0.4, 0.5) is 0 Å². The third-order valence-electron chi connectivity index (χ3n) is 6.76. The number of aromatic carboxylic acids is 2. The fourth-order valence-electron chi connectivity index (χ4n) is 4.75. The SMILES string of the molecule is CCON=C(CC)c1c(-c2c(C(=O)O)ccc(C(=O)O)c2-c2cc(CC)oc(=O)c2C(CC)=NOCC)cc(CC)oc1=O. The van der Waals surface area contributed by atoms with Crippen molar-refractivity contribution in [3.63, 3.8) is 0 Å². The number of aryl methyl sites for hydroxylation is 2. The van der Waals surface area contributed by atoms with Crippen LogP contribution in [0.5, 0.6) is 0 Å². The van der Waals surface area contributed by atoms with Crippen LogP contribution in [0.1, 0.15) is 97.7 Å². The van der Waals surface area contributed by atoms with Crippen LogP contribution >= 0.6 is 0 Å². The summed E-state index contributed by atoms with van der Waals surface area (Å²) in [7, 11) is 0. The Kier molecular flexibility index (Phi) is 11.4. The van der Waals surface area contributed by atoms with E-state index in [4.69, 9.17) is 18.5 Å². The second-order valence-corrected chi connectivity index (χ2v) is 9.42. The first-order chi connectivity index (χ1) is 21.1. The highest BCUT2D eigenvalue weighted by Crippen LogP contribution is 2.41. The van der Waals surface area contributed by atoms with E-state index in [1.165, 1.54) is 12.1 Å². The zero-order valence-corrected chi connectivity index (χ0v) is 25.6. The maximum atomic E-state index is 13.5. The largest absolute Gasteiger partial charge is 0.478 e. The van der Waals surface area contributed by atoms with E-state index >= 15 is 0 Å². The Morgan fingerprint density at radius 3 is 1.32 bits per heavy atom. The molecule has 0 spiro atoms. The van der Waals surface area contributed by atoms with E-state index in [1.807, 2.05) is 0 Å². The Hall–Kier alpha value is -5.00. The van der Waals surface area contributed by atoms with Crippen molar-refractivity contribution in [2.75, 3.05) is 13.2 Å². The van der Waals surface area contributed by atoms with Crippen molar-refractivity contribution < 1.29 is 38.3 Å². The van der Waals surface area contributed by atoms with Gasteiger partial charge in [0.2, 0.25) is 0 Å². The van der Waals surface area contributed by atoms with Gasteiger partial charge in [-0.25, -0.2) is 19.2 Å². The number of hydrogen-bond donors (Lipinski definition) is 2. The number of nitrogens with zero attached hydrogens (tertiary/aromatic N) is 2. The summed E-state index contributed by atoms with van der Waals surface area (Å²) in [5.41, 5.74) is -2.23. The molecule has 0 radical (unpaired) electrons. The molecular formula is C32H36N2O10. The monoisotopic (exact) mass is 608 g/mol. The van der Waals surface area contributed by atoms with Gasteiger partial charge in [0.15, 0.2) is 0 Å². The van der Waals surface area contributed by atoms with Crippen LogP contribution in [0.2, 0.25) is 0 Å². The van der Waals surface area contributed by atoms with E-state index in [9.17, 15) is 29.4 Å². The van der Waals surface area contributed by atoms with Crippen LogP contribution in [-0.2, 0) is 22.5 Å². The average molecular weight is 609 g/mol. The Morgan fingerprint density at radius 2 is 1.05 bits per heavy atom. The van der Waals surface area contributed by atoms with Gasteiger partial charge in [0.05, 0.1) is 33.7 Å². The summed E-state index contributed by atoms with van der Waals surface area (Å²) in [5, 5.41) is 29.0. The van der Waals surface area contributed by atoms with Crippen LogP contribution in [0, 0.1) is 0 Å². The van der Waals surface area contributed by atoms with Gasteiger partial charge in [-0.3, -0.25) is 0 Å². The highest BCUT2D eigenvalue weighted by molar-refractivity contribution is 6.15. The second-order valence-electron chi connectivity index (χ2n) is 9.42. The molecule has 3 rings (SSSR count). The molecule has 1 aromatic carbocycles. The van der Waals surface area contributed by atoms with Gasteiger partial charge in [0.1, 0.15) is 24.7 Å². The number of carboxylic acids is 2. The van der Waals surface area contributed by atoms with E-state index in [0.29, 0.717) is 0 Å². The summed E-state index contributed by atoms with van der Waals surface area (Å²) in [4.78, 5) is 63.2. The number of oxime groups is 2. The minimum absolute atomic E-state index is 0.0611. The molecule has 0 aliphatic carbocycles. The summed E-state index contributed by atoms with van der Waals surface area (Å²) < 4.78 is 11.1. The van der Waals surface area contributed by atoms with Gasteiger partial charge in [0.25, 0.3) is 0 Å². The highest BCUT2D eigenvalue weighted by atomic mass is 16.6. The molecule has 44 heavy (non-hydrogen) atoms. The van der Waals surface area contributed by atoms with Gasteiger partial charge in [0, 0.05) is 35.1 Å². The van der Waals surface area contributed by atoms with E-state index in [-0.39, 0.29) is 106 Å². The molecule has 0 atom stereocenters. The topological polar surface area (TPSA) is 178 Å². The number of hydrogen-bond acceptors (Lipinski definition) is 10. The fourth-order valence-corrected chi connectivity index (χ4v) is 4.75. The molecule has 12 heteroatoms. The lowest BCUT2D eigenvalue weighted by molar-refractivity contribution is 0.0682. The minimum atomic E-state index is -1.39. The Balaban J connectivity index is 2.76. The summed E-state index contributed by atoms with van der Waals surface area (Å²) in [6.45, 7) is 10.8. The fraction of sp³-hybridized carbons (Fsp3) is 0.375. The van der Waals surface area contributed by atoms with Gasteiger partial charge in [-0.05, 0) is 51.0 Å². The maximum Gasteiger partial charge on any atom is 0.345 e. The average Bonchev–Trinajstić information content (AvgIpc) is 3.01. The molecule has 0 amide bonds. The van der Waals surface area contributed by atoms with Crippen molar-refractivity contribution in [1.29, 1.82) is 0 Å². The third-order valence-corrected chi connectivity index (χ3v) is 6.76. The molecule has 3 aromatic rings. The number of carboxylic acid groups (broad SMARTS) is 2. The molecule has 2 aromatic heterocycles. The van der Waals surface area contributed by atoms with E-state index < -0.39 is 23.2 Å². The third kappa shape index (κ3) is 6.80. The maximum absolute atomic E-state index is 13.5. The zero-order valence-electron chi connectivity index (χ0n) is 25.6. The molecule has 0 fully saturated rings. The lowest BCUT2D eigenvalue weighted by Gasteiger charge is -2.21. The van der Waals surface area contributed by atoms with Crippen LogP contribution in [-0.4, -0.2) is 46.8 Å². The van der Waals surface area contributed by atoms with Crippen molar-refractivity contribution in [2.24, 2.45) is 10.3 Å². The molecular weight excluding hydrogens is 572 g/mol. The quantitative estimate of drug-likeness (QED) is 0.169. The molecule has 0 saturated carbocycles. The summed E-state index contributed by atoms with van der Waals surface area (Å²) in [6.07, 6.45) is 0.926. The zero-order chi connectivity index (χ0) is 32.6. The Bertz CT molecular complexity index is 1600. The van der Waals surface area contributed by atoms with Crippen LogP contribution in [0.25, 0.3) is 22.3 Å². The highest BCUT2D eigenvalue weighted by Gasteiger charge is 2.31. The molecule has 12 nitrogen and oxygen atoms in total. The normalized spacial score (nSPS) is 11.9. The molecule has 0 aliphatic rings. The van der Waals surface area contributed by atoms with Crippen LogP contribution in [0.3, 0.4) is 0 Å². The van der Waals surface area contributed by atoms with Gasteiger partial charge in [-0.2, -0.15) is 0 Å². The second kappa shape index (κ2) is 14.9. The first-order valence-electron chi connectivity index (χ1n) is 14.4. The predicted molar refractivity (Wildman–Crippen MR) is 164 cm³/mol. The minimum Gasteiger partial charge on any atom is -0.478 e. The molecule has 0 unspecified atom stereocenters. The van der Waals surface area contributed by atoms with Crippen molar-refractivity contribution in [1.82, 2.24) is 0 Å². The lowest BCUT2D eigenvalue weighted by atomic mass is 9.82. The van der Waals surface area contributed by atoms with E-state index in [2.05, 4.69) is 10.3 Å². The number of carbonyl (C=O) groups is 2. The Morgan fingerprint density at radius 1 is 0.682 bits per heavy atom. The molecule has 0 aliphatic heterocycles. The summed E-state index contributed by atoms with van der Waals surface area (Å²) >= 11 is 0. The van der Waals surface area contributed by atoms with Gasteiger partial charge >= 0.3 is 23.2 Å². The molecule has 0 saturated heterocycles. The Labute approximate surface area is 253 Å². The van der Waals surface area contributed by atoms with Crippen molar-refractivity contribution >= 4 is 23.4 Å². The van der Waals surface area contributed by atoms with E-state index in [1.54, 1.807) is 41.5 Å². The van der Waals surface area contributed by atoms with Gasteiger partial charge < -0.3 is 28.7 Å². The van der Waals surface area contributed by atoms with Crippen molar-refractivity contribution in [2.45, 2.75) is 67.2 Å². The first kappa shape index (κ1) is 33.5. The first-order valence-corrected chi connectivity index (χ1v) is 14.4. The molecule has 234 valence electrons. The van der Waals surface area contributed by atoms with Crippen molar-refractivity contribution in [3.8, 4) is 22.3 Å². The smallest absolute Gasteiger partial charge is 0.345 e. The predicted octanol–water partition coefficient (Wildman–Crippen LogP) is 5.75. The van der Waals surface area contributed by atoms with Crippen LogP contribution < -0.4 is 11.3 Å². The molecule has 2 heterocycles. The summed E-state index contributed by atoms with van der Waals surface area (Å²) in [5.74, 6) is -2.35. The summed E-state index contributed by atoms with van der Waals surface area (Å²) in [6, 6.07) is 5.29. The van der Waals surface area contributed by atoms with Crippen LogP contribution in [0.15, 0.2) is 53.0 Å². The number of rotatable bonds is 14. The molecule has 2 N–H and O–H groups in total.